The molecular weight excluding hydrogens is 192 g/mol. The number of hydrogen-bond acceptors (Lipinski definition) is 3. The molecule has 1 heterocycles. The number of hydrogen-bond donors (Lipinski definition) is 1. The van der Waals surface area contributed by atoms with Gasteiger partial charge in [-0.2, -0.15) is 5.26 Å². The van der Waals surface area contributed by atoms with Gasteiger partial charge in [-0.25, -0.2) is 0 Å². The second-order valence-corrected chi connectivity index (χ2v) is 4.57. The number of carbonyl (C=O) groups excluding carboxylic acids is 1. The first kappa shape index (κ1) is 12.0. The Hall–Kier alpha value is -1.08. The second kappa shape index (κ2) is 4.63. The molecule has 1 N–H and O–H groups in total. The Morgan fingerprint density at radius 1 is 1.67 bits per heavy atom. The van der Waals surface area contributed by atoms with E-state index < -0.39 is 5.41 Å². The van der Waals surface area contributed by atoms with E-state index in [1.54, 1.807) is 13.8 Å². The van der Waals surface area contributed by atoms with Crippen LogP contribution in [-0.2, 0) is 9.53 Å². The molecule has 1 saturated heterocycles. The van der Waals surface area contributed by atoms with Crippen LogP contribution in [0.15, 0.2) is 0 Å². The fourth-order valence-electron chi connectivity index (χ4n) is 1.54. The SMILES string of the molecule is CC1OCCC1CNC(=O)C(C)(C)C#N. The van der Waals surface area contributed by atoms with Gasteiger partial charge in [0.1, 0.15) is 5.41 Å². The fourth-order valence-corrected chi connectivity index (χ4v) is 1.54. The maximum Gasteiger partial charge on any atom is 0.239 e. The quantitative estimate of drug-likeness (QED) is 0.758. The molecule has 0 aromatic heterocycles. The summed E-state index contributed by atoms with van der Waals surface area (Å²) in [7, 11) is 0. The highest BCUT2D eigenvalue weighted by Gasteiger charge is 2.29. The standard InChI is InChI=1S/C11H18N2O2/c1-8-9(4-5-15-8)6-13-10(14)11(2,3)7-12/h8-9H,4-6H2,1-3H3,(H,13,14). The van der Waals surface area contributed by atoms with Crippen molar-refractivity contribution in [2.45, 2.75) is 33.3 Å². The molecule has 15 heavy (non-hydrogen) atoms. The second-order valence-electron chi connectivity index (χ2n) is 4.57. The Bertz CT molecular complexity index is 281. The lowest BCUT2D eigenvalue weighted by Gasteiger charge is -2.19. The number of amides is 1. The molecular formula is C11H18N2O2. The Labute approximate surface area is 90.6 Å². The molecule has 2 unspecified atom stereocenters. The number of carbonyl (C=O) groups is 1. The van der Waals surface area contributed by atoms with Crippen LogP contribution >= 0.6 is 0 Å². The van der Waals surface area contributed by atoms with Crippen molar-refractivity contribution in [3.05, 3.63) is 0 Å². The summed E-state index contributed by atoms with van der Waals surface area (Å²) >= 11 is 0. The van der Waals surface area contributed by atoms with E-state index >= 15 is 0 Å². The molecule has 1 aliphatic rings. The van der Waals surface area contributed by atoms with Gasteiger partial charge in [-0.3, -0.25) is 4.79 Å². The summed E-state index contributed by atoms with van der Waals surface area (Å²) < 4.78 is 5.39. The van der Waals surface area contributed by atoms with E-state index in [-0.39, 0.29) is 12.0 Å². The van der Waals surface area contributed by atoms with Crippen molar-refractivity contribution >= 4 is 5.91 Å². The minimum Gasteiger partial charge on any atom is -0.378 e. The largest absolute Gasteiger partial charge is 0.378 e. The van der Waals surface area contributed by atoms with Gasteiger partial charge in [0.05, 0.1) is 12.2 Å². The van der Waals surface area contributed by atoms with E-state index in [2.05, 4.69) is 5.32 Å². The Balaban J connectivity index is 2.38. The monoisotopic (exact) mass is 210 g/mol. The fraction of sp³-hybridized carbons (Fsp3) is 0.818. The molecule has 4 nitrogen and oxygen atoms in total. The minimum atomic E-state index is -0.942. The van der Waals surface area contributed by atoms with Crippen molar-refractivity contribution < 1.29 is 9.53 Å². The minimum absolute atomic E-state index is 0.204. The van der Waals surface area contributed by atoms with Crippen LogP contribution < -0.4 is 5.32 Å². The molecule has 0 aliphatic carbocycles. The molecule has 0 aromatic carbocycles. The molecule has 0 aromatic rings. The van der Waals surface area contributed by atoms with Gasteiger partial charge in [-0.1, -0.05) is 0 Å². The molecule has 1 aliphatic heterocycles. The zero-order chi connectivity index (χ0) is 11.5. The summed E-state index contributed by atoms with van der Waals surface area (Å²) in [6.07, 6.45) is 1.18. The van der Waals surface area contributed by atoms with Gasteiger partial charge < -0.3 is 10.1 Å². The van der Waals surface area contributed by atoms with Crippen LogP contribution in [-0.4, -0.2) is 25.2 Å². The van der Waals surface area contributed by atoms with Gasteiger partial charge in [-0.15, -0.1) is 0 Å². The number of ether oxygens (including phenoxy) is 1. The summed E-state index contributed by atoms with van der Waals surface area (Å²) in [4.78, 5) is 11.6. The number of nitriles is 1. The smallest absolute Gasteiger partial charge is 0.239 e. The normalized spacial score (nSPS) is 26.0. The van der Waals surface area contributed by atoms with E-state index in [1.807, 2.05) is 13.0 Å². The van der Waals surface area contributed by atoms with Crippen molar-refractivity contribution in [2.75, 3.05) is 13.2 Å². The summed E-state index contributed by atoms with van der Waals surface area (Å²) in [6, 6.07) is 1.98. The van der Waals surface area contributed by atoms with Gasteiger partial charge in [0.15, 0.2) is 0 Å². The number of nitrogens with zero attached hydrogens (tertiary/aromatic N) is 1. The maximum atomic E-state index is 11.6. The third kappa shape index (κ3) is 2.93. The topological polar surface area (TPSA) is 62.1 Å². The zero-order valence-electron chi connectivity index (χ0n) is 9.54. The lowest BCUT2D eigenvalue weighted by Crippen LogP contribution is -2.39. The van der Waals surface area contributed by atoms with E-state index in [0.717, 1.165) is 13.0 Å². The Morgan fingerprint density at radius 2 is 2.33 bits per heavy atom. The molecule has 0 spiro atoms. The summed E-state index contributed by atoms with van der Waals surface area (Å²) in [5.74, 6) is 0.174. The average molecular weight is 210 g/mol. The molecule has 2 atom stereocenters. The van der Waals surface area contributed by atoms with Gasteiger partial charge in [0, 0.05) is 19.1 Å². The van der Waals surface area contributed by atoms with Crippen molar-refractivity contribution in [3.63, 3.8) is 0 Å². The first-order chi connectivity index (χ1) is 6.97. The number of nitrogens with one attached hydrogen (secondary N) is 1. The lowest BCUT2D eigenvalue weighted by atomic mass is 9.94. The summed E-state index contributed by atoms with van der Waals surface area (Å²) in [6.45, 7) is 6.63. The van der Waals surface area contributed by atoms with Crippen LogP contribution in [0.2, 0.25) is 0 Å². The average Bonchev–Trinajstić information content (AvgIpc) is 2.60. The van der Waals surface area contributed by atoms with Crippen molar-refractivity contribution in [1.29, 1.82) is 5.26 Å². The summed E-state index contributed by atoms with van der Waals surface area (Å²) in [5, 5.41) is 11.6. The molecule has 0 bridgehead atoms. The zero-order valence-corrected chi connectivity index (χ0v) is 9.54. The van der Waals surface area contributed by atoms with Crippen molar-refractivity contribution in [3.8, 4) is 6.07 Å². The summed E-state index contributed by atoms with van der Waals surface area (Å²) in [5.41, 5.74) is -0.942. The molecule has 1 fully saturated rings. The maximum absolute atomic E-state index is 11.6. The molecule has 4 heteroatoms. The number of rotatable bonds is 3. The molecule has 84 valence electrons. The van der Waals surface area contributed by atoms with Crippen molar-refractivity contribution in [1.82, 2.24) is 5.32 Å². The molecule has 0 radical (unpaired) electrons. The van der Waals surface area contributed by atoms with Crippen LogP contribution in [0.4, 0.5) is 0 Å². The Morgan fingerprint density at radius 3 is 2.80 bits per heavy atom. The third-order valence-electron chi connectivity index (χ3n) is 2.91. The van der Waals surface area contributed by atoms with Crippen molar-refractivity contribution in [2.24, 2.45) is 11.3 Å². The van der Waals surface area contributed by atoms with Gasteiger partial charge >= 0.3 is 0 Å². The third-order valence-corrected chi connectivity index (χ3v) is 2.91. The highest BCUT2D eigenvalue weighted by molar-refractivity contribution is 5.84. The van der Waals surface area contributed by atoms with Crippen LogP contribution in [0, 0.1) is 22.7 Å². The van der Waals surface area contributed by atoms with E-state index in [9.17, 15) is 4.79 Å². The first-order valence-electron chi connectivity index (χ1n) is 5.28. The van der Waals surface area contributed by atoms with Crippen LogP contribution in [0.25, 0.3) is 0 Å². The van der Waals surface area contributed by atoms with Gasteiger partial charge in [0.2, 0.25) is 5.91 Å². The first-order valence-corrected chi connectivity index (χ1v) is 5.28. The van der Waals surface area contributed by atoms with E-state index in [0.29, 0.717) is 12.5 Å². The van der Waals surface area contributed by atoms with E-state index in [4.69, 9.17) is 10.00 Å². The van der Waals surface area contributed by atoms with Crippen LogP contribution in [0.3, 0.4) is 0 Å². The van der Waals surface area contributed by atoms with Crippen LogP contribution in [0.5, 0.6) is 0 Å². The highest BCUT2D eigenvalue weighted by atomic mass is 16.5. The Kier molecular flexibility index (Phi) is 3.70. The predicted octanol–water partition coefficient (Wildman–Crippen LogP) is 1.08. The van der Waals surface area contributed by atoms with Gasteiger partial charge in [-0.05, 0) is 27.2 Å². The van der Waals surface area contributed by atoms with Gasteiger partial charge in [0.25, 0.3) is 0 Å². The molecule has 0 saturated carbocycles. The predicted molar refractivity (Wildman–Crippen MR) is 55.9 cm³/mol. The highest BCUT2D eigenvalue weighted by Crippen LogP contribution is 2.20. The molecule has 1 rings (SSSR count). The van der Waals surface area contributed by atoms with Crippen LogP contribution in [0.1, 0.15) is 27.2 Å². The molecule has 1 amide bonds. The van der Waals surface area contributed by atoms with E-state index in [1.165, 1.54) is 0 Å². The lowest BCUT2D eigenvalue weighted by molar-refractivity contribution is -0.127.